The fraction of sp³-hybridized carbons (Fsp3) is 0.667. The number of ether oxygens (including phenoxy) is 1. The summed E-state index contributed by atoms with van der Waals surface area (Å²) in [6.45, 7) is 5.59. The number of halogens is 1. The van der Waals surface area contributed by atoms with Gasteiger partial charge in [-0.2, -0.15) is 0 Å². The predicted octanol–water partition coefficient (Wildman–Crippen LogP) is 4.95. The zero-order chi connectivity index (χ0) is 15.3. The van der Waals surface area contributed by atoms with Crippen LogP contribution in [0, 0.1) is 5.41 Å². The molecule has 1 aromatic carbocycles. The van der Waals surface area contributed by atoms with Crippen LogP contribution in [0.15, 0.2) is 22.7 Å². The summed E-state index contributed by atoms with van der Waals surface area (Å²) in [5.41, 5.74) is 1.78. The smallest absolute Gasteiger partial charge is 0.119 e. The molecule has 0 amide bonds. The third-order valence-electron chi connectivity index (χ3n) is 4.62. The van der Waals surface area contributed by atoms with Gasteiger partial charge in [0.2, 0.25) is 0 Å². The molecule has 0 heterocycles. The van der Waals surface area contributed by atoms with E-state index < -0.39 is 0 Å². The second-order valence-corrected chi connectivity index (χ2v) is 7.58. The molecule has 1 N–H and O–H groups in total. The summed E-state index contributed by atoms with van der Waals surface area (Å²) in [5.74, 6) is 0.955. The Balaban J connectivity index is 2.17. The van der Waals surface area contributed by atoms with Crippen LogP contribution < -0.4 is 10.1 Å². The van der Waals surface area contributed by atoms with Gasteiger partial charge in [0, 0.05) is 17.1 Å². The molecular formula is C18H28BrNO. The van der Waals surface area contributed by atoms with E-state index in [0.717, 1.165) is 18.7 Å². The molecule has 21 heavy (non-hydrogen) atoms. The Kier molecular flexibility index (Phi) is 6.12. The minimum atomic E-state index is 0.400. The maximum Gasteiger partial charge on any atom is 0.119 e. The Morgan fingerprint density at radius 3 is 2.57 bits per heavy atom. The van der Waals surface area contributed by atoms with E-state index >= 15 is 0 Å². The highest BCUT2D eigenvalue weighted by Crippen LogP contribution is 2.40. The van der Waals surface area contributed by atoms with Crippen LogP contribution in [0.5, 0.6) is 5.75 Å². The van der Waals surface area contributed by atoms with Crippen LogP contribution >= 0.6 is 15.9 Å². The van der Waals surface area contributed by atoms with Gasteiger partial charge in [-0.25, -0.2) is 0 Å². The Bertz CT molecular complexity index is 453. The highest BCUT2D eigenvalue weighted by Gasteiger charge is 2.32. The van der Waals surface area contributed by atoms with E-state index in [-0.39, 0.29) is 0 Å². The standard InChI is InChI=1S/C18H28BrNO/c1-14(2)20-13-18(9-5-4-6-10-18)12-15-11-16(21-3)7-8-17(15)19/h7-8,11,14,20H,4-6,9-10,12-13H2,1-3H3. The molecule has 1 fully saturated rings. The first-order valence-electron chi connectivity index (χ1n) is 8.10. The van der Waals surface area contributed by atoms with Crippen molar-refractivity contribution in [2.45, 2.75) is 58.4 Å². The van der Waals surface area contributed by atoms with Gasteiger partial charge in [0.05, 0.1) is 7.11 Å². The van der Waals surface area contributed by atoms with Crippen LogP contribution in [-0.2, 0) is 6.42 Å². The molecule has 1 aliphatic rings. The molecule has 2 rings (SSSR count). The van der Waals surface area contributed by atoms with Gasteiger partial charge >= 0.3 is 0 Å². The first-order valence-corrected chi connectivity index (χ1v) is 8.90. The van der Waals surface area contributed by atoms with E-state index in [1.54, 1.807) is 7.11 Å². The molecule has 2 nitrogen and oxygen atoms in total. The maximum atomic E-state index is 5.39. The molecule has 1 saturated carbocycles. The number of hydrogen-bond donors (Lipinski definition) is 1. The zero-order valence-corrected chi connectivity index (χ0v) is 15.1. The van der Waals surface area contributed by atoms with Crippen molar-refractivity contribution in [3.05, 3.63) is 28.2 Å². The quantitative estimate of drug-likeness (QED) is 0.781. The molecule has 3 heteroatoms. The van der Waals surface area contributed by atoms with E-state index in [1.165, 1.54) is 42.1 Å². The minimum Gasteiger partial charge on any atom is -0.497 e. The SMILES string of the molecule is COc1ccc(Br)c(CC2(CNC(C)C)CCCCC2)c1. The monoisotopic (exact) mass is 353 g/mol. The Morgan fingerprint density at radius 1 is 1.24 bits per heavy atom. The summed E-state index contributed by atoms with van der Waals surface area (Å²) in [7, 11) is 1.74. The van der Waals surface area contributed by atoms with Crippen molar-refractivity contribution in [1.82, 2.24) is 5.32 Å². The molecule has 0 bridgehead atoms. The molecular weight excluding hydrogens is 326 g/mol. The van der Waals surface area contributed by atoms with Gasteiger partial charge in [0.1, 0.15) is 5.75 Å². The molecule has 1 aliphatic carbocycles. The largest absolute Gasteiger partial charge is 0.497 e. The lowest BCUT2D eigenvalue weighted by molar-refractivity contribution is 0.176. The lowest BCUT2D eigenvalue weighted by atomic mass is 9.70. The third kappa shape index (κ3) is 4.72. The number of nitrogens with one attached hydrogen (secondary N) is 1. The van der Waals surface area contributed by atoms with Crippen LogP contribution in [0.25, 0.3) is 0 Å². The van der Waals surface area contributed by atoms with Gasteiger partial charge in [0.15, 0.2) is 0 Å². The molecule has 1 aromatic rings. The van der Waals surface area contributed by atoms with Crippen molar-refractivity contribution in [2.24, 2.45) is 5.41 Å². The average Bonchev–Trinajstić information content (AvgIpc) is 2.49. The lowest BCUT2D eigenvalue weighted by Crippen LogP contribution is -2.40. The first-order chi connectivity index (χ1) is 10.0. The van der Waals surface area contributed by atoms with Crippen LogP contribution in [0.1, 0.15) is 51.5 Å². The van der Waals surface area contributed by atoms with Crippen molar-refractivity contribution in [3.8, 4) is 5.75 Å². The molecule has 0 unspecified atom stereocenters. The van der Waals surface area contributed by atoms with Crippen LogP contribution in [0.4, 0.5) is 0 Å². The Hall–Kier alpha value is -0.540. The maximum absolute atomic E-state index is 5.39. The molecule has 0 saturated heterocycles. The Morgan fingerprint density at radius 2 is 1.95 bits per heavy atom. The molecule has 0 radical (unpaired) electrons. The van der Waals surface area contributed by atoms with Crippen LogP contribution in [-0.4, -0.2) is 19.7 Å². The van der Waals surface area contributed by atoms with E-state index in [9.17, 15) is 0 Å². The van der Waals surface area contributed by atoms with Crippen LogP contribution in [0.3, 0.4) is 0 Å². The average molecular weight is 354 g/mol. The molecule has 0 atom stereocenters. The fourth-order valence-corrected chi connectivity index (χ4v) is 3.74. The van der Waals surface area contributed by atoms with Crippen molar-refractivity contribution in [2.75, 3.05) is 13.7 Å². The van der Waals surface area contributed by atoms with Crippen molar-refractivity contribution in [1.29, 1.82) is 0 Å². The third-order valence-corrected chi connectivity index (χ3v) is 5.39. The summed E-state index contributed by atoms with van der Waals surface area (Å²) in [6.07, 6.45) is 7.91. The van der Waals surface area contributed by atoms with Gasteiger partial charge in [-0.1, -0.05) is 49.0 Å². The van der Waals surface area contributed by atoms with E-state index in [1.807, 2.05) is 6.07 Å². The molecule has 0 aromatic heterocycles. The first kappa shape index (κ1) is 16.8. The van der Waals surface area contributed by atoms with Gasteiger partial charge < -0.3 is 10.1 Å². The van der Waals surface area contributed by atoms with Crippen molar-refractivity contribution >= 4 is 15.9 Å². The van der Waals surface area contributed by atoms with Gasteiger partial charge in [-0.15, -0.1) is 0 Å². The zero-order valence-electron chi connectivity index (χ0n) is 13.5. The molecule has 0 spiro atoms. The minimum absolute atomic E-state index is 0.400. The molecule has 118 valence electrons. The number of methoxy groups -OCH3 is 1. The second kappa shape index (κ2) is 7.64. The normalized spacial score (nSPS) is 18.0. The van der Waals surface area contributed by atoms with E-state index in [2.05, 4.69) is 47.2 Å². The topological polar surface area (TPSA) is 21.3 Å². The summed E-state index contributed by atoms with van der Waals surface area (Å²) in [6, 6.07) is 6.88. The van der Waals surface area contributed by atoms with E-state index in [0.29, 0.717) is 11.5 Å². The second-order valence-electron chi connectivity index (χ2n) is 6.73. The van der Waals surface area contributed by atoms with Gasteiger partial charge in [-0.05, 0) is 48.4 Å². The molecule has 0 aliphatic heterocycles. The van der Waals surface area contributed by atoms with Gasteiger partial charge in [-0.3, -0.25) is 0 Å². The summed E-state index contributed by atoms with van der Waals surface area (Å²) < 4.78 is 6.60. The van der Waals surface area contributed by atoms with Crippen molar-refractivity contribution in [3.63, 3.8) is 0 Å². The highest BCUT2D eigenvalue weighted by atomic mass is 79.9. The fourth-order valence-electron chi connectivity index (χ4n) is 3.36. The van der Waals surface area contributed by atoms with Crippen LogP contribution in [0.2, 0.25) is 0 Å². The summed E-state index contributed by atoms with van der Waals surface area (Å²) in [5, 5.41) is 3.68. The predicted molar refractivity (Wildman–Crippen MR) is 93.1 cm³/mol. The highest BCUT2D eigenvalue weighted by molar-refractivity contribution is 9.10. The number of rotatable bonds is 6. The summed E-state index contributed by atoms with van der Waals surface area (Å²) >= 11 is 3.71. The Labute approximate surface area is 137 Å². The number of benzene rings is 1. The summed E-state index contributed by atoms with van der Waals surface area (Å²) in [4.78, 5) is 0. The lowest BCUT2D eigenvalue weighted by Gasteiger charge is -2.39. The number of hydrogen-bond acceptors (Lipinski definition) is 2. The van der Waals surface area contributed by atoms with Gasteiger partial charge in [0.25, 0.3) is 0 Å². The van der Waals surface area contributed by atoms with Crippen molar-refractivity contribution < 1.29 is 4.74 Å². The van der Waals surface area contributed by atoms with E-state index in [4.69, 9.17) is 4.74 Å².